The Morgan fingerprint density at radius 1 is 1.00 bits per heavy atom. The van der Waals surface area contributed by atoms with Crippen molar-refractivity contribution in [2.24, 2.45) is 4.99 Å². The lowest BCUT2D eigenvalue weighted by molar-refractivity contribution is -0.115. The van der Waals surface area contributed by atoms with Crippen LogP contribution in [0.5, 0.6) is 11.5 Å². The van der Waals surface area contributed by atoms with Crippen LogP contribution >= 0.6 is 23.4 Å². The van der Waals surface area contributed by atoms with E-state index in [1.807, 2.05) is 6.92 Å². The lowest BCUT2D eigenvalue weighted by Gasteiger charge is -2.11. The highest BCUT2D eigenvalue weighted by Gasteiger charge is 2.24. The number of aryl methyl sites for hydroxylation is 1. The topological polar surface area (TPSA) is 94.1 Å². The summed E-state index contributed by atoms with van der Waals surface area (Å²) in [7, 11) is -2.63. The van der Waals surface area contributed by atoms with Gasteiger partial charge in [-0.3, -0.25) is 4.79 Å². The second-order valence-electron chi connectivity index (χ2n) is 7.22. The van der Waals surface area contributed by atoms with Gasteiger partial charge < -0.3 is 14.2 Å². The standard InChI is InChI=1S/C24H19ClN2O5S2/c1-15-3-10-19(11-4-15)34(29,30)32-20-12-5-16(13-21(20)31-2)14-22-23(28)27-24(33-22)26-18-8-6-17(25)7-9-18/h3-14H,1-2H3,(H,26,27,28)/b22-14-. The second-order valence-corrected chi connectivity index (χ2v) is 10.2. The Kier molecular flexibility index (Phi) is 6.97. The van der Waals surface area contributed by atoms with E-state index in [2.05, 4.69) is 10.3 Å². The van der Waals surface area contributed by atoms with E-state index in [9.17, 15) is 13.2 Å². The maximum Gasteiger partial charge on any atom is 0.339 e. The van der Waals surface area contributed by atoms with Crippen LogP contribution in [-0.4, -0.2) is 26.6 Å². The largest absolute Gasteiger partial charge is 0.493 e. The molecular formula is C24H19ClN2O5S2. The zero-order valence-electron chi connectivity index (χ0n) is 18.1. The first-order chi connectivity index (χ1) is 16.2. The van der Waals surface area contributed by atoms with Crippen LogP contribution in [0.3, 0.4) is 0 Å². The molecule has 1 N–H and O–H groups in total. The third kappa shape index (κ3) is 5.61. The van der Waals surface area contributed by atoms with Crippen LogP contribution in [0.4, 0.5) is 5.69 Å². The number of aliphatic imine (C=N–C) groups is 1. The summed E-state index contributed by atoms with van der Waals surface area (Å²) in [6.07, 6.45) is 1.66. The molecule has 3 aromatic carbocycles. The number of amidine groups is 1. The Balaban J connectivity index is 1.55. The number of amides is 1. The molecule has 1 heterocycles. The molecule has 0 unspecified atom stereocenters. The second kappa shape index (κ2) is 9.92. The van der Waals surface area contributed by atoms with Crippen molar-refractivity contribution in [2.45, 2.75) is 11.8 Å². The van der Waals surface area contributed by atoms with Crippen LogP contribution in [0, 0.1) is 6.92 Å². The number of halogens is 1. The van der Waals surface area contributed by atoms with Crippen molar-refractivity contribution < 1.29 is 22.1 Å². The van der Waals surface area contributed by atoms with Crippen LogP contribution in [0.1, 0.15) is 11.1 Å². The van der Waals surface area contributed by atoms with Gasteiger partial charge in [0.15, 0.2) is 16.7 Å². The van der Waals surface area contributed by atoms with Gasteiger partial charge in [0.2, 0.25) is 0 Å². The number of nitrogens with one attached hydrogen (secondary N) is 1. The number of hydrogen-bond acceptors (Lipinski definition) is 7. The predicted octanol–water partition coefficient (Wildman–Crippen LogP) is 5.32. The molecule has 1 fully saturated rings. The first-order valence-electron chi connectivity index (χ1n) is 9.98. The Labute approximate surface area is 206 Å². The molecule has 0 bridgehead atoms. The monoisotopic (exact) mass is 514 g/mol. The molecule has 0 spiro atoms. The van der Waals surface area contributed by atoms with Gasteiger partial charge in [-0.15, -0.1) is 0 Å². The number of methoxy groups -OCH3 is 1. The van der Waals surface area contributed by atoms with Crippen molar-refractivity contribution in [3.8, 4) is 11.5 Å². The minimum absolute atomic E-state index is 0.0397. The molecule has 7 nitrogen and oxygen atoms in total. The highest BCUT2D eigenvalue weighted by molar-refractivity contribution is 8.18. The summed E-state index contributed by atoms with van der Waals surface area (Å²) in [5.41, 5.74) is 2.22. The fourth-order valence-corrected chi connectivity index (χ4v) is 4.89. The van der Waals surface area contributed by atoms with Gasteiger partial charge in [-0.1, -0.05) is 35.4 Å². The van der Waals surface area contributed by atoms with Gasteiger partial charge in [-0.05, 0) is 78.9 Å². The molecule has 1 aliphatic heterocycles. The molecule has 34 heavy (non-hydrogen) atoms. The van der Waals surface area contributed by atoms with Gasteiger partial charge in [0.05, 0.1) is 17.7 Å². The Hall–Kier alpha value is -3.27. The molecule has 1 amide bonds. The molecule has 1 aliphatic rings. The highest BCUT2D eigenvalue weighted by atomic mass is 35.5. The average Bonchev–Trinajstić information content (AvgIpc) is 3.14. The number of nitrogens with zero attached hydrogens (tertiary/aromatic N) is 1. The fourth-order valence-electron chi connectivity index (χ4n) is 2.98. The Bertz CT molecular complexity index is 1400. The molecule has 0 atom stereocenters. The number of hydrogen-bond donors (Lipinski definition) is 1. The number of carbonyl (C=O) groups excluding carboxylic acids is 1. The first kappa shape index (κ1) is 23.9. The molecule has 0 saturated carbocycles. The summed E-state index contributed by atoms with van der Waals surface area (Å²) in [5.74, 6) is -0.0406. The number of ether oxygens (including phenoxy) is 1. The summed E-state index contributed by atoms with van der Waals surface area (Å²) >= 11 is 7.08. The SMILES string of the molecule is COc1cc(/C=C2\SC(=Nc3ccc(Cl)cc3)NC2=O)ccc1OS(=O)(=O)c1ccc(C)cc1. The quantitative estimate of drug-likeness (QED) is 0.353. The summed E-state index contributed by atoms with van der Waals surface area (Å²) in [4.78, 5) is 17.3. The molecule has 0 radical (unpaired) electrons. The van der Waals surface area contributed by atoms with Gasteiger partial charge in [0.25, 0.3) is 5.91 Å². The fraction of sp³-hybridized carbons (Fsp3) is 0.0833. The van der Waals surface area contributed by atoms with Crippen LogP contribution in [0.25, 0.3) is 6.08 Å². The predicted molar refractivity (Wildman–Crippen MR) is 134 cm³/mol. The van der Waals surface area contributed by atoms with Crippen molar-refractivity contribution in [1.29, 1.82) is 0 Å². The van der Waals surface area contributed by atoms with E-state index in [1.54, 1.807) is 54.6 Å². The van der Waals surface area contributed by atoms with Crippen LogP contribution in [0.15, 0.2) is 81.5 Å². The summed E-state index contributed by atoms with van der Waals surface area (Å²) < 4.78 is 35.9. The normalized spacial score (nSPS) is 16.0. The van der Waals surface area contributed by atoms with Crippen LogP contribution in [0.2, 0.25) is 5.02 Å². The lowest BCUT2D eigenvalue weighted by Crippen LogP contribution is -2.19. The number of thioether (sulfide) groups is 1. The first-order valence-corrected chi connectivity index (χ1v) is 12.6. The minimum Gasteiger partial charge on any atom is -0.493 e. The molecule has 174 valence electrons. The molecule has 0 aromatic heterocycles. The van der Waals surface area contributed by atoms with Crippen molar-refractivity contribution in [3.05, 3.63) is 87.8 Å². The molecular weight excluding hydrogens is 496 g/mol. The van der Waals surface area contributed by atoms with Crippen LogP contribution < -0.4 is 14.2 Å². The number of benzene rings is 3. The molecule has 10 heteroatoms. The summed E-state index contributed by atoms with van der Waals surface area (Å²) in [5, 5.41) is 3.76. The minimum atomic E-state index is -4.03. The van der Waals surface area contributed by atoms with E-state index in [0.717, 1.165) is 5.56 Å². The Morgan fingerprint density at radius 3 is 2.38 bits per heavy atom. The number of rotatable bonds is 6. The van der Waals surface area contributed by atoms with Gasteiger partial charge in [0.1, 0.15) is 4.90 Å². The van der Waals surface area contributed by atoms with E-state index < -0.39 is 10.1 Å². The smallest absolute Gasteiger partial charge is 0.339 e. The van der Waals surface area contributed by atoms with E-state index >= 15 is 0 Å². The van der Waals surface area contributed by atoms with E-state index in [4.69, 9.17) is 20.5 Å². The van der Waals surface area contributed by atoms with Gasteiger partial charge >= 0.3 is 10.1 Å². The molecule has 3 aromatic rings. The zero-order valence-corrected chi connectivity index (χ0v) is 20.5. The molecule has 0 aliphatic carbocycles. The Morgan fingerprint density at radius 2 is 1.71 bits per heavy atom. The van der Waals surface area contributed by atoms with E-state index in [1.165, 1.54) is 37.1 Å². The van der Waals surface area contributed by atoms with Gasteiger partial charge in [0, 0.05) is 5.02 Å². The third-order valence-corrected chi connectivity index (χ3v) is 7.11. The summed E-state index contributed by atoms with van der Waals surface area (Å²) in [6, 6.07) is 18.0. The molecule has 4 rings (SSSR count). The van der Waals surface area contributed by atoms with Crippen molar-refractivity contribution in [3.63, 3.8) is 0 Å². The zero-order chi connectivity index (χ0) is 24.3. The highest BCUT2D eigenvalue weighted by Crippen LogP contribution is 2.34. The van der Waals surface area contributed by atoms with Gasteiger partial charge in [-0.25, -0.2) is 4.99 Å². The summed E-state index contributed by atoms with van der Waals surface area (Å²) in [6.45, 7) is 1.86. The maximum atomic E-state index is 12.6. The van der Waals surface area contributed by atoms with Crippen molar-refractivity contribution in [2.75, 3.05) is 7.11 Å². The lowest BCUT2D eigenvalue weighted by atomic mass is 10.2. The third-order valence-electron chi connectivity index (χ3n) is 4.70. The molecule has 1 saturated heterocycles. The van der Waals surface area contributed by atoms with Crippen molar-refractivity contribution >= 4 is 56.3 Å². The van der Waals surface area contributed by atoms with E-state index in [0.29, 0.717) is 26.3 Å². The van der Waals surface area contributed by atoms with E-state index in [-0.39, 0.29) is 22.3 Å². The van der Waals surface area contributed by atoms with Crippen molar-refractivity contribution in [1.82, 2.24) is 5.32 Å². The average molecular weight is 515 g/mol. The maximum absolute atomic E-state index is 12.6. The number of carbonyl (C=O) groups is 1. The van der Waals surface area contributed by atoms with Gasteiger partial charge in [-0.2, -0.15) is 8.42 Å². The van der Waals surface area contributed by atoms with Crippen LogP contribution in [-0.2, 0) is 14.9 Å².